The first kappa shape index (κ1) is 23.9. The van der Waals surface area contributed by atoms with E-state index >= 15 is 0 Å². The van der Waals surface area contributed by atoms with Gasteiger partial charge in [0.2, 0.25) is 15.9 Å². The lowest BCUT2D eigenvalue weighted by Crippen LogP contribution is -2.45. The van der Waals surface area contributed by atoms with E-state index in [4.69, 9.17) is 46.4 Å². The van der Waals surface area contributed by atoms with E-state index in [1.54, 1.807) is 24.3 Å². The van der Waals surface area contributed by atoms with Crippen LogP contribution in [0.4, 0.5) is 5.69 Å². The summed E-state index contributed by atoms with van der Waals surface area (Å²) in [4.78, 5) is 12.8. The van der Waals surface area contributed by atoms with Crippen LogP contribution in [0.2, 0.25) is 20.1 Å². The van der Waals surface area contributed by atoms with E-state index in [1.165, 1.54) is 36.4 Å². The Kier molecular flexibility index (Phi) is 7.86. The molecule has 162 valence electrons. The van der Waals surface area contributed by atoms with Crippen LogP contribution in [0.1, 0.15) is 5.56 Å². The molecule has 0 unspecified atom stereocenters. The summed E-state index contributed by atoms with van der Waals surface area (Å²) in [7, 11) is -4.17. The second kappa shape index (κ2) is 10.2. The first-order valence-electron chi connectivity index (χ1n) is 8.92. The average Bonchev–Trinajstić information content (AvgIpc) is 2.69. The zero-order valence-corrected chi connectivity index (χ0v) is 19.6. The lowest BCUT2D eigenvalue weighted by Gasteiger charge is -2.19. The van der Waals surface area contributed by atoms with E-state index in [1.807, 2.05) is 6.07 Å². The summed E-state index contributed by atoms with van der Waals surface area (Å²) in [6.07, 6.45) is 0.0956. The molecule has 0 spiro atoms. The van der Waals surface area contributed by atoms with Crippen LogP contribution in [0.25, 0.3) is 0 Å². The van der Waals surface area contributed by atoms with Crippen LogP contribution < -0.4 is 10.0 Å². The quantitative estimate of drug-likeness (QED) is 0.414. The molecule has 0 heterocycles. The minimum atomic E-state index is -4.17. The number of sulfonamides is 1. The van der Waals surface area contributed by atoms with Gasteiger partial charge in [-0.05, 0) is 48.4 Å². The maximum atomic E-state index is 13.0. The van der Waals surface area contributed by atoms with Gasteiger partial charge in [-0.2, -0.15) is 4.72 Å². The van der Waals surface area contributed by atoms with Crippen LogP contribution in [0.5, 0.6) is 0 Å². The molecule has 0 aliphatic rings. The van der Waals surface area contributed by atoms with E-state index in [-0.39, 0.29) is 21.4 Å². The van der Waals surface area contributed by atoms with Crippen molar-refractivity contribution in [2.75, 3.05) is 5.32 Å². The van der Waals surface area contributed by atoms with E-state index in [0.717, 1.165) is 5.56 Å². The van der Waals surface area contributed by atoms with E-state index in [9.17, 15) is 13.2 Å². The molecule has 0 saturated heterocycles. The fraction of sp³-hybridized carbons (Fsp3) is 0.0952. The zero-order chi connectivity index (χ0) is 22.6. The van der Waals surface area contributed by atoms with Crippen molar-refractivity contribution in [1.82, 2.24) is 4.72 Å². The van der Waals surface area contributed by atoms with Crippen LogP contribution in [-0.4, -0.2) is 20.4 Å². The van der Waals surface area contributed by atoms with Gasteiger partial charge >= 0.3 is 0 Å². The fourth-order valence-electron chi connectivity index (χ4n) is 2.83. The summed E-state index contributed by atoms with van der Waals surface area (Å²) in [6.45, 7) is 0. The number of halogens is 4. The summed E-state index contributed by atoms with van der Waals surface area (Å²) in [5.41, 5.74) is 1.09. The topological polar surface area (TPSA) is 75.3 Å². The molecule has 3 aromatic carbocycles. The molecule has 0 fully saturated rings. The average molecular weight is 518 g/mol. The third kappa shape index (κ3) is 6.59. The van der Waals surface area contributed by atoms with Gasteiger partial charge < -0.3 is 5.32 Å². The second-order valence-corrected chi connectivity index (χ2v) is 9.98. The molecule has 0 saturated carbocycles. The minimum absolute atomic E-state index is 0.0163. The molecule has 31 heavy (non-hydrogen) atoms. The van der Waals surface area contributed by atoms with Crippen molar-refractivity contribution in [2.45, 2.75) is 17.4 Å². The Balaban J connectivity index is 1.92. The van der Waals surface area contributed by atoms with Crippen LogP contribution >= 0.6 is 46.4 Å². The van der Waals surface area contributed by atoms with Crippen molar-refractivity contribution in [3.8, 4) is 0 Å². The predicted molar refractivity (Wildman–Crippen MR) is 126 cm³/mol. The maximum Gasteiger partial charge on any atom is 0.242 e. The fourth-order valence-corrected chi connectivity index (χ4v) is 5.31. The lowest BCUT2D eigenvalue weighted by atomic mass is 10.1. The molecule has 2 N–H and O–H groups in total. The number of anilines is 1. The molecule has 1 amide bonds. The van der Waals surface area contributed by atoms with Crippen LogP contribution in [-0.2, 0) is 21.2 Å². The number of benzene rings is 3. The monoisotopic (exact) mass is 516 g/mol. The van der Waals surface area contributed by atoms with Gasteiger partial charge in [-0.1, -0.05) is 76.7 Å². The van der Waals surface area contributed by atoms with E-state index in [2.05, 4.69) is 10.0 Å². The van der Waals surface area contributed by atoms with Crippen LogP contribution in [0.15, 0.2) is 71.6 Å². The lowest BCUT2D eigenvalue weighted by molar-refractivity contribution is -0.117. The molecule has 3 rings (SSSR count). The van der Waals surface area contributed by atoms with Crippen molar-refractivity contribution < 1.29 is 13.2 Å². The first-order chi connectivity index (χ1) is 14.6. The number of nitrogens with one attached hydrogen (secondary N) is 2. The predicted octanol–water partition coefficient (Wildman–Crippen LogP) is 5.83. The number of hydrogen-bond donors (Lipinski definition) is 2. The zero-order valence-electron chi connectivity index (χ0n) is 15.8. The highest BCUT2D eigenvalue weighted by molar-refractivity contribution is 7.89. The largest absolute Gasteiger partial charge is 0.325 e. The van der Waals surface area contributed by atoms with Gasteiger partial charge in [-0.15, -0.1) is 0 Å². The molecule has 0 radical (unpaired) electrons. The van der Waals surface area contributed by atoms with Gasteiger partial charge in [-0.25, -0.2) is 8.42 Å². The molecule has 0 aromatic heterocycles. The summed E-state index contributed by atoms with van der Waals surface area (Å²) in [5, 5.41) is 3.49. The summed E-state index contributed by atoms with van der Waals surface area (Å²) >= 11 is 24.0. The highest BCUT2D eigenvalue weighted by atomic mass is 35.5. The van der Waals surface area contributed by atoms with Gasteiger partial charge in [0.25, 0.3) is 0 Å². The SMILES string of the molecule is O=C(Nc1cc(Cl)cc(Cl)c1)[C@@H](Cc1ccccc1)NS(=O)(=O)c1cc(Cl)ccc1Cl. The van der Waals surface area contributed by atoms with E-state index < -0.39 is 22.0 Å². The van der Waals surface area contributed by atoms with Gasteiger partial charge in [0.05, 0.1) is 5.02 Å². The second-order valence-electron chi connectivity index (χ2n) is 6.59. The third-order valence-corrected chi connectivity index (χ3v) is 6.83. The molecular weight excluding hydrogens is 502 g/mol. The van der Waals surface area contributed by atoms with Gasteiger partial charge in [-0.3, -0.25) is 4.79 Å². The minimum Gasteiger partial charge on any atom is -0.325 e. The van der Waals surface area contributed by atoms with Gasteiger partial charge in [0, 0.05) is 20.8 Å². The summed E-state index contributed by atoms with van der Waals surface area (Å²) < 4.78 is 28.4. The van der Waals surface area contributed by atoms with E-state index in [0.29, 0.717) is 15.7 Å². The number of hydrogen-bond acceptors (Lipinski definition) is 3. The number of carbonyl (C=O) groups is 1. The molecular formula is C21H16Cl4N2O3S. The summed E-state index contributed by atoms with van der Waals surface area (Å²) in [5.74, 6) is -0.594. The standard InChI is InChI=1S/C21H16Cl4N2O3S/c22-14-6-7-18(25)20(12-14)31(29,30)27-19(8-13-4-2-1-3-5-13)21(28)26-17-10-15(23)9-16(24)11-17/h1-7,9-12,19,27H,8H2,(H,26,28)/t19-/m1/s1. The molecule has 5 nitrogen and oxygen atoms in total. The normalized spacial score (nSPS) is 12.4. The van der Waals surface area contributed by atoms with Crippen molar-refractivity contribution in [3.63, 3.8) is 0 Å². The molecule has 0 aliphatic heterocycles. The van der Waals surface area contributed by atoms with Crippen LogP contribution in [0, 0.1) is 0 Å². The van der Waals surface area contributed by atoms with Crippen molar-refractivity contribution in [2.24, 2.45) is 0 Å². The van der Waals surface area contributed by atoms with Crippen molar-refractivity contribution in [3.05, 3.63) is 92.4 Å². The highest BCUT2D eigenvalue weighted by Gasteiger charge is 2.28. The Morgan fingerprint density at radius 2 is 1.48 bits per heavy atom. The van der Waals surface area contributed by atoms with Crippen molar-refractivity contribution >= 4 is 68.0 Å². The molecule has 1 atom stereocenters. The molecule has 10 heteroatoms. The molecule has 3 aromatic rings. The van der Waals surface area contributed by atoms with Gasteiger partial charge in [0.15, 0.2) is 0 Å². The number of rotatable bonds is 7. The summed E-state index contributed by atoms with van der Waals surface area (Å²) in [6, 6.07) is 16.4. The maximum absolute atomic E-state index is 13.0. The third-order valence-electron chi connectivity index (χ3n) is 4.21. The molecule has 0 aliphatic carbocycles. The Labute approximate surface area is 200 Å². The Morgan fingerprint density at radius 3 is 2.13 bits per heavy atom. The Hall–Kier alpha value is -1.80. The Bertz CT molecular complexity index is 1180. The number of amides is 1. The highest BCUT2D eigenvalue weighted by Crippen LogP contribution is 2.26. The Morgan fingerprint density at radius 1 is 0.839 bits per heavy atom. The molecule has 0 bridgehead atoms. The smallest absolute Gasteiger partial charge is 0.242 e. The number of carbonyl (C=O) groups excluding carboxylic acids is 1. The van der Waals surface area contributed by atoms with Gasteiger partial charge in [0.1, 0.15) is 10.9 Å². The first-order valence-corrected chi connectivity index (χ1v) is 11.9. The van der Waals surface area contributed by atoms with Crippen molar-refractivity contribution in [1.29, 1.82) is 0 Å². The van der Waals surface area contributed by atoms with Crippen LogP contribution in [0.3, 0.4) is 0 Å².